The van der Waals surface area contributed by atoms with Gasteiger partial charge in [-0.3, -0.25) is 19.7 Å². The van der Waals surface area contributed by atoms with E-state index >= 15 is 0 Å². The first-order valence-electron chi connectivity index (χ1n) is 9.54. The number of amides is 1. The second-order valence-electron chi connectivity index (χ2n) is 7.50. The van der Waals surface area contributed by atoms with Gasteiger partial charge in [0.1, 0.15) is 11.3 Å². The van der Waals surface area contributed by atoms with E-state index < -0.39 is 32.4 Å². The Balaban J connectivity index is 1.64. The molecule has 0 aliphatic carbocycles. The summed E-state index contributed by atoms with van der Waals surface area (Å²) in [5.74, 6) is -1.55. The lowest BCUT2D eigenvalue weighted by Gasteiger charge is -2.36. The van der Waals surface area contributed by atoms with Crippen LogP contribution in [0.4, 0.5) is 5.69 Å². The molecule has 0 bridgehead atoms. The van der Waals surface area contributed by atoms with Crippen LogP contribution in [0, 0.1) is 17.0 Å². The summed E-state index contributed by atoms with van der Waals surface area (Å²) in [6.07, 6.45) is 0.551. The van der Waals surface area contributed by atoms with Crippen LogP contribution in [-0.4, -0.2) is 65.6 Å². The fourth-order valence-corrected chi connectivity index (χ4v) is 5.24. The van der Waals surface area contributed by atoms with Gasteiger partial charge >= 0.3 is 5.97 Å². The van der Waals surface area contributed by atoms with Crippen LogP contribution in [0.25, 0.3) is 0 Å². The molecule has 1 aromatic rings. The highest BCUT2D eigenvalue weighted by Crippen LogP contribution is 2.37. The molecule has 1 saturated heterocycles. The zero-order valence-corrected chi connectivity index (χ0v) is 17.6. The lowest BCUT2D eigenvalue weighted by molar-refractivity contribution is -0.385. The summed E-state index contributed by atoms with van der Waals surface area (Å²) in [6, 6.07) is 3.72. The SMILES string of the molecule is Cc1ccc([N+](=O)[O-])cc1S(=O)(=O)N1CCC2(CC1)CC(C(=O)NCCC(=O)O)=NO2. The second kappa shape index (κ2) is 8.59. The molecule has 2 heterocycles. The Morgan fingerprint density at radius 2 is 2.03 bits per heavy atom. The van der Waals surface area contributed by atoms with Gasteiger partial charge in [-0.05, 0) is 12.5 Å². The number of carboxylic acid groups (broad SMARTS) is 1. The summed E-state index contributed by atoms with van der Waals surface area (Å²) in [5, 5.41) is 25.9. The van der Waals surface area contributed by atoms with Crippen molar-refractivity contribution in [2.24, 2.45) is 5.16 Å². The summed E-state index contributed by atoms with van der Waals surface area (Å²) in [5.41, 5.74) is -0.560. The van der Waals surface area contributed by atoms with Gasteiger partial charge in [0, 0.05) is 51.0 Å². The smallest absolute Gasteiger partial charge is 0.305 e. The molecule has 13 heteroatoms. The van der Waals surface area contributed by atoms with Crippen molar-refractivity contribution in [2.75, 3.05) is 19.6 Å². The van der Waals surface area contributed by atoms with Gasteiger partial charge in [-0.25, -0.2) is 8.42 Å². The monoisotopic (exact) mass is 454 g/mol. The highest BCUT2D eigenvalue weighted by molar-refractivity contribution is 7.89. The van der Waals surface area contributed by atoms with Crippen LogP contribution >= 0.6 is 0 Å². The summed E-state index contributed by atoms with van der Waals surface area (Å²) >= 11 is 0. The van der Waals surface area contributed by atoms with E-state index in [-0.39, 0.29) is 61.6 Å². The predicted molar refractivity (Wildman–Crippen MR) is 107 cm³/mol. The number of carbonyl (C=O) groups is 2. The van der Waals surface area contributed by atoms with Gasteiger partial charge in [-0.1, -0.05) is 11.2 Å². The molecule has 3 rings (SSSR count). The Bertz CT molecular complexity index is 1040. The highest BCUT2D eigenvalue weighted by atomic mass is 32.2. The third-order valence-corrected chi connectivity index (χ3v) is 7.40. The number of carbonyl (C=O) groups excluding carboxylic acids is 1. The maximum absolute atomic E-state index is 13.1. The van der Waals surface area contributed by atoms with E-state index in [0.717, 1.165) is 6.07 Å². The Kier molecular flexibility index (Phi) is 6.27. The first kappa shape index (κ1) is 22.6. The number of nitro groups is 1. The fourth-order valence-electron chi connectivity index (χ4n) is 3.55. The molecule has 12 nitrogen and oxygen atoms in total. The topological polar surface area (TPSA) is 169 Å². The van der Waals surface area contributed by atoms with Crippen molar-refractivity contribution in [3.8, 4) is 0 Å². The van der Waals surface area contributed by atoms with Crippen LogP contribution in [0.15, 0.2) is 28.3 Å². The number of piperidine rings is 1. The van der Waals surface area contributed by atoms with Crippen LogP contribution < -0.4 is 5.32 Å². The van der Waals surface area contributed by atoms with E-state index in [2.05, 4.69) is 10.5 Å². The molecule has 1 aromatic carbocycles. The minimum atomic E-state index is -3.94. The largest absolute Gasteiger partial charge is 0.481 e. The molecule has 0 atom stereocenters. The molecule has 1 fully saturated rings. The molecule has 0 saturated carbocycles. The molecule has 2 aliphatic rings. The van der Waals surface area contributed by atoms with Gasteiger partial charge in [0.15, 0.2) is 0 Å². The van der Waals surface area contributed by atoms with E-state index in [0.29, 0.717) is 5.56 Å². The summed E-state index contributed by atoms with van der Waals surface area (Å²) in [4.78, 5) is 38.4. The standard InChI is InChI=1S/C18H22N4O8S/c1-12-2-3-13(22(26)27)10-15(12)31(28,29)21-8-5-18(6-9-21)11-14(20-30-18)17(25)19-7-4-16(23)24/h2-3,10H,4-9,11H2,1H3,(H,19,25)(H,23,24). The van der Waals surface area contributed by atoms with Crippen molar-refractivity contribution in [2.45, 2.75) is 43.1 Å². The van der Waals surface area contributed by atoms with Crippen molar-refractivity contribution in [1.29, 1.82) is 0 Å². The number of aliphatic carboxylic acids is 1. The van der Waals surface area contributed by atoms with Crippen LogP contribution in [0.1, 0.15) is 31.2 Å². The maximum atomic E-state index is 13.1. The number of rotatable bonds is 7. The number of nitro benzene ring substituents is 1. The van der Waals surface area contributed by atoms with E-state index in [9.17, 15) is 28.1 Å². The zero-order valence-electron chi connectivity index (χ0n) is 16.7. The summed E-state index contributed by atoms with van der Waals surface area (Å²) in [6.45, 7) is 1.75. The number of aryl methyl sites for hydroxylation is 1. The van der Waals surface area contributed by atoms with E-state index in [1.54, 1.807) is 6.92 Å². The number of benzene rings is 1. The lowest BCUT2D eigenvalue weighted by Crippen LogP contribution is -2.47. The van der Waals surface area contributed by atoms with Gasteiger partial charge < -0.3 is 15.3 Å². The number of non-ortho nitro benzene ring substituents is 1. The number of nitrogens with one attached hydrogen (secondary N) is 1. The summed E-state index contributed by atoms with van der Waals surface area (Å²) < 4.78 is 27.4. The van der Waals surface area contributed by atoms with Gasteiger partial charge in [-0.15, -0.1) is 0 Å². The van der Waals surface area contributed by atoms with Crippen molar-refractivity contribution in [3.63, 3.8) is 0 Å². The average molecular weight is 454 g/mol. The number of hydrogen-bond donors (Lipinski definition) is 2. The van der Waals surface area contributed by atoms with Crippen LogP contribution in [0.3, 0.4) is 0 Å². The van der Waals surface area contributed by atoms with Crippen molar-refractivity contribution < 1.29 is 32.9 Å². The van der Waals surface area contributed by atoms with Crippen molar-refractivity contribution in [3.05, 3.63) is 33.9 Å². The lowest BCUT2D eigenvalue weighted by atomic mass is 9.87. The third-order valence-electron chi connectivity index (χ3n) is 5.36. The molecule has 0 aromatic heterocycles. The van der Waals surface area contributed by atoms with Gasteiger partial charge in [0.2, 0.25) is 10.0 Å². The van der Waals surface area contributed by atoms with Crippen LogP contribution in [0.2, 0.25) is 0 Å². The van der Waals surface area contributed by atoms with Crippen molar-refractivity contribution >= 4 is 33.3 Å². The van der Waals surface area contributed by atoms with Crippen LogP contribution in [-0.2, 0) is 24.4 Å². The van der Waals surface area contributed by atoms with Gasteiger partial charge in [-0.2, -0.15) is 4.31 Å². The van der Waals surface area contributed by atoms with Crippen LogP contribution in [0.5, 0.6) is 0 Å². The van der Waals surface area contributed by atoms with Gasteiger partial charge in [0.25, 0.3) is 11.6 Å². The van der Waals surface area contributed by atoms with Crippen molar-refractivity contribution in [1.82, 2.24) is 9.62 Å². The van der Waals surface area contributed by atoms with E-state index in [1.165, 1.54) is 16.4 Å². The molecular formula is C18H22N4O8S. The minimum absolute atomic E-state index is 0.0330. The molecule has 168 valence electrons. The first-order valence-corrected chi connectivity index (χ1v) is 11.0. The molecule has 2 N–H and O–H groups in total. The number of nitrogens with zero attached hydrogens (tertiary/aromatic N) is 3. The predicted octanol–water partition coefficient (Wildman–Crippen LogP) is 0.794. The Morgan fingerprint density at radius 3 is 2.65 bits per heavy atom. The quantitative estimate of drug-likeness (QED) is 0.450. The molecule has 1 spiro atoms. The third kappa shape index (κ3) is 4.82. The first-order chi connectivity index (χ1) is 14.5. The Hall–Kier alpha value is -3.06. The normalized spacial score (nSPS) is 18.3. The molecule has 0 radical (unpaired) electrons. The highest BCUT2D eigenvalue weighted by Gasteiger charge is 2.46. The molecule has 2 aliphatic heterocycles. The van der Waals surface area contributed by atoms with E-state index in [1.807, 2.05) is 0 Å². The molecular weight excluding hydrogens is 432 g/mol. The van der Waals surface area contributed by atoms with E-state index in [4.69, 9.17) is 9.94 Å². The zero-order chi connectivity index (χ0) is 22.8. The summed E-state index contributed by atoms with van der Waals surface area (Å²) in [7, 11) is -3.94. The Morgan fingerprint density at radius 1 is 1.35 bits per heavy atom. The number of sulfonamides is 1. The fraction of sp³-hybridized carbons (Fsp3) is 0.500. The second-order valence-corrected chi connectivity index (χ2v) is 9.41. The number of carboxylic acids is 1. The Labute approximate surface area is 178 Å². The molecule has 0 unspecified atom stereocenters. The molecule has 31 heavy (non-hydrogen) atoms. The number of oxime groups is 1. The number of hydrogen-bond acceptors (Lipinski definition) is 8. The minimum Gasteiger partial charge on any atom is -0.481 e. The van der Waals surface area contributed by atoms with Gasteiger partial charge in [0.05, 0.1) is 16.2 Å². The average Bonchev–Trinajstić information content (AvgIpc) is 3.11. The maximum Gasteiger partial charge on any atom is 0.305 e. The molecule has 1 amide bonds.